The smallest absolute Gasteiger partial charge is 0.114 e. The second kappa shape index (κ2) is 2.96. The summed E-state index contributed by atoms with van der Waals surface area (Å²) in [7, 11) is 0. The third kappa shape index (κ3) is 1.38. The molecule has 0 atom stereocenters. The largest absolute Gasteiger partial charge is 0.336 e. The molecule has 1 radical (unpaired) electrons. The van der Waals surface area contributed by atoms with Crippen LogP contribution in [0, 0.1) is 6.20 Å². The minimum atomic E-state index is 0.974. The predicted octanol–water partition coefficient (Wildman–Crippen LogP) is 1.86. The number of anilines is 1. The third-order valence-electron chi connectivity index (χ3n) is 1.45. The highest BCUT2D eigenvalue weighted by Gasteiger charge is 2.06. The van der Waals surface area contributed by atoms with Gasteiger partial charge in [0.25, 0.3) is 0 Å². The van der Waals surface area contributed by atoms with Crippen LogP contribution in [0.25, 0.3) is 0 Å². The fourth-order valence-electron chi connectivity index (χ4n) is 0.911. The van der Waals surface area contributed by atoms with Crippen molar-refractivity contribution in [1.82, 2.24) is 4.98 Å². The molecule has 2 heterocycles. The number of aromatic nitrogens is 1. The van der Waals surface area contributed by atoms with Crippen LogP contribution >= 0.6 is 11.8 Å². The molecule has 2 rings (SSSR count). The predicted molar refractivity (Wildman–Crippen MR) is 47.2 cm³/mol. The van der Waals surface area contributed by atoms with E-state index in [-0.39, 0.29) is 0 Å². The average molecular weight is 163 g/mol. The molecule has 0 amide bonds. The fraction of sp³-hybridized carbons (Fsp3) is 0.125. The van der Waals surface area contributed by atoms with Crippen LogP contribution in [0.2, 0.25) is 0 Å². The van der Waals surface area contributed by atoms with Crippen molar-refractivity contribution >= 4 is 17.4 Å². The van der Waals surface area contributed by atoms with Crippen LogP contribution < -0.4 is 4.90 Å². The van der Waals surface area contributed by atoms with Gasteiger partial charge in [-0.25, -0.2) is 0 Å². The second-order valence-electron chi connectivity index (χ2n) is 2.19. The molecular formula is C8H7N2S. The quantitative estimate of drug-likeness (QED) is 0.628. The maximum absolute atomic E-state index is 3.92. The molecule has 1 aromatic heterocycles. The molecule has 3 heteroatoms. The van der Waals surface area contributed by atoms with Gasteiger partial charge in [-0.3, -0.25) is 4.98 Å². The Balaban J connectivity index is 2.23. The van der Waals surface area contributed by atoms with Crippen LogP contribution in [0.15, 0.2) is 29.9 Å². The third-order valence-corrected chi connectivity index (χ3v) is 2.20. The van der Waals surface area contributed by atoms with E-state index in [9.17, 15) is 0 Å². The van der Waals surface area contributed by atoms with E-state index in [4.69, 9.17) is 0 Å². The number of pyridine rings is 1. The van der Waals surface area contributed by atoms with Crippen LogP contribution in [-0.2, 0) is 0 Å². The Morgan fingerprint density at radius 1 is 1.64 bits per heavy atom. The summed E-state index contributed by atoms with van der Waals surface area (Å²) in [5.41, 5.74) is 1.04. The second-order valence-corrected chi connectivity index (χ2v) is 3.05. The van der Waals surface area contributed by atoms with Gasteiger partial charge in [0.1, 0.15) is 6.20 Å². The molecule has 0 saturated heterocycles. The summed E-state index contributed by atoms with van der Waals surface area (Å²) in [4.78, 5) is 6.03. The van der Waals surface area contributed by atoms with Gasteiger partial charge in [0.15, 0.2) is 0 Å². The van der Waals surface area contributed by atoms with Crippen LogP contribution in [0.1, 0.15) is 0 Å². The van der Waals surface area contributed by atoms with Gasteiger partial charge in [0.2, 0.25) is 0 Å². The minimum absolute atomic E-state index is 0.974. The SMILES string of the molecule is [c]1ncccc1N1C=CSC1. The summed E-state index contributed by atoms with van der Waals surface area (Å²) < 4.78 is 0. The summed E-state index contributed by atoms with van der Waals surface area (Å²) in [6.45, 7) is 0. The lowest BCUT2D eigenvalue weighted by Gasteiger charge is -2.12. The summed E-state index contributed by atoms with van der Waals surface area (Å²) in [6, 6.07) is 3.92. The summed E-state index contributed by atoms with van der Waals surface area (Å²) in [6.07, 6.45) is 6.69. The topological polar surface area (TPSA) is 16.1 Å². The number of hydrogen-bond acceptors (Lipinski definition) is 3. The standard InChI is InChI=1S/C8H7N2S/c1-2-8(6-9-3-1)10-4-5-11-7-10/h1-5H,7H2. The first-order valence-electron chi connectivity index (χ1n) is 3.34. The zero-order chi connectivity index (χ0) is 7.52. The van der Waals surface area contributed by atoms with Crippen LogP contribution in [0.5, 0.6) is 0 Å². The van der Waals surface area contributed by atoms with Crippen molar-refractivity contribution in [3.63, 3.8) is 0 Å². The van der Waals surface area contributed by atoms with E-state index >= 15 is 0 Å². The number of hydrogen-bond donors (Lipinski definition) is 0. The molecule has 0 bridgehead atoms. The van der Waals surface area contributed by atoms with Gasteiger partial charge in [0.05, 0.1) is 11.6 Å². The van der Waals surface area contributed by atoms with Gasteiger partial charge in [0, 0.05) is 12.4 Å². The van der Waals surface area contributed by atoms with E-state index in [0.29, 0.717) is 0 Å². The van der Waals surface area contributed by atoms with Crippen LogP contribution in [0.3, 0.4) is 0 Å². The number of nitrogens with zero attached hydrogens (tertiary/aromatic N) is 2. The molecular weight excluding hydrogens is 156 g/mol. The Kier molecular flexibility index (Phi) is 1.81. The highest BCUT2D eigenvalue weighted by molar-refractivity contribution is 8.02. The van der Waals surface area contributed by atoms with Gasteiger partial charge in [-0.15, -0.1) is 11.8 Å². The molecule has 2 nitrogen and oxygen atoms in total. The molecule has 1 aromatic rings. The summed E-state index contributed by atoms with van der Waals surface area (Å²) in [5, 5.41) is 2.07. The summed E-state index contributed by atoms with van der Waals surface area (Å²) >= 11 is 1.77. The first-order chi connectivity index (χ1) is 5.47. The van der Waals surface area contributed by atoms with Gasteiger partial charge >= 0.3 is 0 Å². The molecule has 0 unspecified atom stereocenters. The Morgan fingerprint density at radius 2 is 2.64 bits per heavy atom. The van der Waals surface area contributed by atoms with Crippen molar-refractivity contribution in [3.05, 3.63) is 36.1 Å². The van der Waals surface area contributed by atoms with Crippen molar-refractivity contribution in [1.29, 1.82) is 0 Å². The van der Waals surface area contributed by atoms with Crippen LogP contribution in [0.4, 0.5) is 5.69 Å². The average Bonchev–Trinajstić information content (AvgIpc) is 2.58. The van der Waals surface area contributed by atoms with Gasteiger partial charge < -0.3 is 4.90 Å². The van der Waals surface area contributed by atoms with Crippen molar-refractivity contribution < 1.29 is 0 Å². The van der Waals surface area contributed by atoms with E-state index < -0.39 is 0 Å². The highest BCUT2D eigenvalue weighted by Crippen LogP contribution is 2.21. The zero-order valence-corrected chi connectivity index (χ0v) is 6.71. The molecule has 0 spiro atoms. The normalized spacial score (nSPS) is 15.8. The van der Waals surface area contributed by atoms with E-state index in [2.05, 4.69) is 21.5 Å². The molecule has 0 fully saturated rings. The summed E-state index contributed by atoms with van der Waals surface area (Å²) in [5.74, 6) is 0.974. The molecule has 1 aliphatic heterocycles. The zero-order valence-electron chi connectivity index (χ0n) is 5.90. The first kappa shape index (κ1) is 6.73. The maximum atomic E-state index is 3.92. The lowest BCUT2D eigenvalue weighted by atomic mass is 10.4. The monoisotopic (exact) mass is 163 g/mol. The number of thioether (sulfide) groups is 1. The van der Waals surface area contributed by atoms with Crippen molar-refractivity contribution in [2.75, 3.05) is 10.8 Å². The molecule has 0 N–H and O–H groups in total. The molecule has 55 valence electrons. The molecule has 0 saturated carbocycles. The fourth-order valence-corrected chi connectivity index (χ4v) is 1.62. The Morgan fingerprint density at radius 3 is 3.27 bits per heavy atom. The van der Waals surface area contributed by atoms with Crippen molar-refractivity contribution in [3.8, 4) is 0 Å². The molecule has 11 heavy (non-hydrogen) atoms. The first-order valence-corrected chi connectivity index (χ1v) is 4.39. The van der Waals surface area contributed by atoms with Crippen LogP contribution in [-0.4, -0.2) is 10.9 Å². The van der Waals surface area contributed by atoms with Gasteiger partial charge in [-0.2, -0.15) is 0 Å². The maximum Gasteiger partial charge on any atom is 0.114 e. The van der Waals surface area contributed by atoms with Crippen molar-refractivity contribution in [2.24, 2.45) is 0 Å². The van der Waals surface area contributed by atoms with E-state index in [1.807, 2.05) is 18.3 Å². The van der Waals surface area contributed by atoms with Crippen molar-refractivity contribution in [2.45, 2.75) is 0 Å². The lowest BCUT2D eigenvalue weighted by molar-refractivity contribution is 1.15. The lowest BCUT2D eigenvalue weighted by Crippen LogP contribution is -2.10. The Labute approximate surface area is 69.9 Å². The number of rotatable bonds is 1. The minimum Gasteiger partial charge on any atom is -0.336 e. The Hall–Kier alpha value is -0.960. The van der Waals surface area contributed by atoms with Gasteiger partial charge in [-0.1, -0.05) is 0 Å². The van der Waals surface area contributed by atoms with E-state index in [1.54, 1.807) is 18.0 Å². The highest BCUT2D eigenvalue weighted by atomic mass is 32.2. The van der Waals surface area contributed by atoms with Gasteiger partial charge in [-0.05, 0) is 17.5 Å². The molecule has 1 aliphatic rings. The van der Waals surface area contributed by atoms with E-state index in [0.717, 1.165) is 11.6 Å². The molecule has 0 aliphatic carbocycles. The Bertz CT molecular complexity index is 258. The molecule has 0 aromatic carbocycles. The van der Waals surface area contributed by atoms with E-state index in [1.165, 1.54) is 0 Å².